The van der Waals surface area contributed by atoms with Crippen LogP contribution >= 0.6 is 0 Å². The van der Waals surface area contributed by atoms with Crippen LogP contribution in [0.2, 0.25) is 5.04 Å². The van der Waals surface area contributed by atoms with Crippen molar-refractivity contribution in [1.29, 1.82) is 0 Å². The van der Waals surface area contributed by atoms with Crippen LogP contribution in [-0.2, 0) is 9.22 Å². The summed E-state index contributed by atoms with van der Waals surface area (Å²) in [7, 11) is -2.77. The smallest absolute Gasteiger partial charge is 0.262 e. The van der Waals surface area contributed by atoms with Gasteiger partial charge in [-0.15, -0.1) is 0 Å². The molecule has 3 aromatic rings. The first-order chi connectivity index (χ1) is 15.7. The van der Waals surface area contributed by atoms with E-state index in [9.17, 15) is 4.79 Å². The Bertz CT molecular complexity index is 1160. The average molecular weight is 453 g/mol. The summed E-state index contributed by atoms with van der Waals surface area (Å²) in [5.74, 6) is 0.0258. The molecule has 0 aliphatic heterocycles. The summed E-state index contributed by atoms with van der Waals surface area (Å²) in [5.41, 5.74) is 4.13. The fraction of sp³-hybridized carbons (Fsp3) is 0.233. The largest absolute Gasteiger partial charge is 0.397 e. The van der Waals surface area contributed by atoms with Crippen LogP contribution in [0.25, 0.3) is 6.08 Å². The number of hydrogen-bond donors (Lipinski definition) is 0. The molecule has 0 heterocycles. The van der Waals surface area contributed by atoms with Crippen molar-refractivity contribution in [2.24, 2.45) is 0 Å². The summed E-state index contributed by atoms with van der Waals surface area (Å²) in [6.07, 6.45) is 5.22. The number of ketones is 1. The Hall–Kier alpha value is -3.01. The quantitative estimate of drug-likeness (QED) is 0.363. The topological polar surface area (TPSA) is 26.3 Å². The Morgan fingerprint density at radius 3 is 1.94 bits per heavy atom. The van der Waals surface area contributed by atoms with E-state index in [1.807, 2.05) is 24.3 Å². The molecule has 0 saturated carbocycles. The van der Waals surface area contributed by atoms with Gasteiger partial charge in [0.1, 0.15) is 0 Å². The monoisotopic (exact) mass is 452 g/mol. The van der Waals surface area contributed by atoms with Crippen molar-refractivity contribution in [3.63, 3.8) is 0 Å². The van der Waals surface area contributed by atoms with Gasteiger partial charge in [0.05, 0.1) is 6.10 Å². The third-order valence-corrected chi connectivity index (χ3v) is 11.5. The Kier molecular flexibility index (Phi) is 6.38. The summed E-state index contributed by atoms with van der Waals surface area (Å²) >= 11 is 0. The van der Waals surface area contributed by atoms with Crippen LogP contribution in [-0.4, -0.2) is 20.2 Å². The number of aryl methyl sites for hydroxylation is 2. The molecule has 0 spiro atoms. The lowest BCUT2D eigenvalue weighted by Crippen LogP contribution is -2.67. The Morgan fingerprint density at radius 2 is 1.42 bits per heavy atom. The highest BCUT2D eigenvalue weighted by Gasteiger charge is 2.52. The van der Waals surface area contributed by atoms with Crippen molar-refractivity contribution < 1.29 is 9.22 Å². The minimum absolute atomic E-state index is 0.0258. The summed E-state index contributed by atoms with van der Waals surface area (Å²) in [5, 5.41) is 2.27. The van der Waals surface area contributed by atoms with Gasteiger partial charge in [0.15, 0.2) is 5.78 Å². The molecule has 0 N–H and O–H groups in total. The van der Waals surface area contributed by atoms with E-state index in [-0.39, 0.29) is 16.9 Å². The van der Waals surface area contributed by atoms with Crippen molar-refractivity contribution in [2.45, 2.75) is 45.8 Å². The zero-order valence-corrected chi connectivity index (χ0v) is 21.1. The zero-order valence-electron chi connectivity index (χ0n) is 20.1. The second-order valence-electron chi connectivity index (χ2n) is 9.88. The fourth-order valence-electron chi connectivity index (χ4n) is 4.81. The summed E-state index contributed by atoms with van der Waals surface area (Å²) < 4.78 is 7.22. The number of carbonyl (C=O) groups excluding carboxylic acids is 1. The van der Waals surface area contributed by atoms with Gasteiger partial charge in [0, 0.05) is 5.57 Å². The first-order valence-corrected chi connectivity index (χ1v) is 13.4. The van der Waals surface area contributed by atoms with Gasteiger partial charge < -0.3 is 4.43 Å². The number of carbonyl (C=O) groups is 1. The Labute approximate surface area is 198 Å². The van der Waals surface area contributed by atoms with E-state index < -0.39 is 8.32 Å². The van der Waals surface area contributed by atoms with Gasteiger partial charge in [-0.05, 0) is 58.6 Å². The maximum Gasteiger partial charge on any atom is 0.262 e. The van der Waals surface area contributed by atoms with Gasteiger partial charge in [-0.25, -0.2) is 0 Å². The number of rotatable bonds is 5. The van der Waals surface area contributed by atoms with Crippen LogP contribution in [0.1, 0.15) is 37.5 Å². The standard InChI is InChI=1S/C30H32O2Si/c1-22-16-17-24(23(2)20-22)21-27-28(31)18-19-29(27)32-33(30(3,4)5,25-12-8-6-9-13-25)26-14-10-7-11-15-26/h6-21,29H,1-5H3/b27-21+. The molecular weight excluding hydrogens is 420 g/mol. The first kappa shape index (κ1) is 23.2. The second kappa shape index (κ2) is 9.09. The first-order valence-electron chi connectivity index (χ1n) is 11.5. The average Bonchev–Trinajstić information content (AvgIpc) is 3.13. The summed E-state index contributed by atoms with van der Waals surface area (Å²) in [6, 6.07) is 27.4. The van der Waals surface area contributed by atoms with Gasteiger partial charge in [0.25, 0.3) is 8.32 Å². The fourth-order valence-corrected chi connectivity index (χ4v) is 9.41. The third kappa shape index (κ3) is 4.44. The normalized spacial score (nSPS) is 17.7. The predicted molar refractivity (Wildman–Crippen MR) is 141 cm³/mol. The Balaban J connectivity index is 1.86. The SMILES string of the molecule is Cc1ccc(/C=C2\C(=O)C=CC2O[Si](c2ccccc2)(c2ccccc2)C(C)(C)C)c(C)c1. The molecule has 0 aromatic heterocycles. The molecule has 1 unspecified atom stereocenters. The van der Waals surface area contributed by atoms with Crippen molar-refractivity contribution in [3.05, 3.63) is 113 Å². The minimum Gasteiger partial charge on any atom is -0.397 e. The highest BCUT2D eigenvalue weighted by atomic mass is 28.4. The number of hydrogen-bond acceptors (Lipinski definition) is 2. The van der Waals surface area contributed by atoms with Crippen LogP contribution < -0.4 is 10.4 Å². The third-order valence-electron chi connectivity index (χ3n) is 6.47. The zero-order chi connectivity index (χ0) is 23.6. The summed E-state index contributed by atoms with van der Waals surface area (Å²) in [4.78, 5) is 13.0. The van der Waals surface area contributed by atoms with Gasteiger partial charge >= 0.3 is 0 Å². The molecule has 33 heavy (non-hydrogen) atoms. The van der Waals surface area contributed by atoms with Gasteiger partial charge in [-0.1, -0.05) is 105 Å². The van der Waals surface area contributed by atoms with Crippen LogP contribution in [0.15, 0.2) is 96.6 Å². The molecule has 1 atom stereocenters. The van der Waals surface area contributed by atoms with E-state index in [0.717, 1.165) is 11.1 Å². The van der Waals surface area contributed by atoms with E-state index in [1.54, 1.807) is 6.08 Å². The predicted octanol–water partition coefficient (Wildman–Crippen LogP) is 5.77. The molecule has 0 saturated heterocycles. The molecule has 0 bridgehead atoms. The molecule has 4 rings (SSSR count). The molecule has 0 amide bonds. The van der Waals surface area contributed by atoms with Crippen LogP contribution in [0.4, 0.5) is 0 Å². The maximum absolute atomic E-state index is 13.0. The van der Waals surface area contributed by atoms with Gasteiger partial charge in [0.2, 0.25) is 0 Å². The molecule has 1 aliphatic carbocycles. The van der Waals surface area contributed by atoms with Crippen LogP contribution in [0, 0.1) is 13.8 Å². The van der Waals surface area contributed by atoms with Gasteiger partial charge in [-0.3, -0.25) is 4.79 Å². The van der Waals surface area contributed by atoms with E-state index in [1.165, 1.54) is 15.9 Å². The summed E-state index contributed by atoms with van der Waals surface area (Å²) in [6.45, 7) is 10.9. The van der Waals surface area contributed by atoms with Crippen molar-refractivity contribution >= 4 is 30.6 Å². The number of benzene rings is 3. The van der Waals surface area contributed by atoms with E-state index >= 15 is 0 Å². The molecular formula is C30H32O2Si. The molecule has 168 valence electrons. The highest BCUT2D eigenvalue weighted by Crippen LogP contribution is 2.39. The molecule has 0 radical (unpaired) electrons. The van der Waals surface area contributed by atoms with E-state index in [4.69, 9.17) is 4.43 Å². The lowest BCUT2D eigenvalue weighted by molar-refractivity contribution is -0.111. The van der Waals surface area contributed by atoms with Crippen molar-refractivity contribution in [2.75, 3.05) is 0 Å². The number of allylic oxidation sites excluding steroid dienone is 1. The lowest BCUT2D eigenvalue weighted by Gasteiger charge is -2.44. The van der Waals surface area contributed by atoms with Gasteiger partial charge in [-0.2, -0.15) is 0 Å². The lowest BCUT2D eigenvalue weighted by atomic mass is 10.0. The molecule has 3 aromatic carbocycles. The molecule has 3 heteroatoms. The minimum atomic E-state index is -2.77. The van der Waals surface area contributed by atoms with Crippen LogP contribution in [0.3, 0.4) is 0 Å². The molecule has 2 nitrogen and oxygen atoms in total. The van der Waals surface area contributed by atoms with Crippen molar-refractivity contribution in [3.8, 4) is 0 Å². The Morgan fingerprint density at radius 1 is 0.848 bits per heavy atom. The highest BCUT2D eigenvalue weighted by molar-refractivity contribution is 6.99. The van der Waals surface area contributed by atoms with Crippen molar-refractivity contribution in [1.82, 2.24) is 0 Å². The van der Waals surface area contributed by atoms with E-state index in [2.05, 4.69) is 101 Å². The van der Waals surface area contributed by atoms with E-state index in [0.29, 0.717) is 5.57 Å². The maximum atomic E-state index is 13.0. The second-order valence-corrected chi connectivity index (χ2v) is 14.1. The van der Waals surface area contributed by atoms with Crippen LogP contribution in [0.5, 0.6) is 0 Å². The molecule has 1 aliphatic rings. The molecule has 0 fully saturated rings.